The van der Waals surface area contributed by atoms with Gasteiger partial charge >= 0.3 is 0 Å². The molecule has 0 heterocycles. The van der Waals surface area contributed by atoms with Crippen molar-refractivity contribution in [1.82, 2.24) is 5.32 Å². The maximum absolute atomic E-state index is 5.80. The Morgan fingerprint density at radius 2 is 1.86 bits per heavy atom. The molecular formula is C18H23NOS. The van der Waals surface area contributed by atoms with Crippen LogP contribution in [0.2, 0.25) is 0 Å². The van der Waals surface area contributed by atoms with Crippen molar-refractivity contribution in [1.29, 1.82) is 0 Å². The first kappa shape index (κ1) is 15.9. The highest BCUT2D eigenvalue weighted by molar-refractivity contribution is 7.98. The maximum Gasteiger partial charge on any atom is 0.124 e. The third-order valence-corrected chi connectivity index (χ3v) is 4.26. The lowest BCUT2D eigenvalue weighted by molar-refractivity contribution is 0.334. The summed E-state index contributed by atoms with van der Waals surface area (Å²) in [7, 11) is 1.99. The quantitative estimate of drug-likeness (QED) is 0.798. The van der Waals surface area contributed by atoms with Gasteiger partial charge < -0.3 is 10.1 Å². The Hall–Kier alpha value is -1.45. The molecular weight excluding hydrogens is 278 g/mol. The fraction of sp³-hybridized carbons (Fsp3) is 0.333. The second kappa shape index (κ2) is 7.53. The SMILES string of the molecule is CCOc1ccc(C)cc1C(NC)c1ccc(SC)cc1. The maximum atomic E-state index is 5.80. The molecule has 2 rings (SSSR count). The van der Waals surface area contributed by atoms with Crippen molar-refractivity contribution >= 4 is 11.8 Å². The number of ether oxygens (including phenoxy) is 1. The molecule has 0 amide bonds. The number of nitrogens with one attached hydrogen (secondary N) is 1. The van der Waals surface area contributed by atoms with Gasteiger partial charge in [0, 0.05) is 10.5 Å². The second-order valence-corrected chi connectivity index (χ2v) is 5.85. The standard InChI is InChI=1S/C18H23NOS/c1-5-20-17-11-6-13(2)12-16(17)18(19-3)14-7-9-15(21-4)10-8-14/h6-12,18-19H,5H2,1-4H3. The Morgan fingerprint density at radius 3 is 2.43 bits per heavy atom. The zero-order valence-electron chi connectivity index (χ0n) is 13.1. The molecule has 0 bridgehead atoms. The first-order chi connectivity index (χ1) is 10.2. The second-order valence-electron chi connectivity index (χ2n) is 4.97. The fourth-order valence-corrected chi connectivity index (χ4v) is 2.89. The first-order valence-corrected chi connectivity index (χ1v) is 8.46. The normalized spacial score (nSPS) is 12.2. The van der Waals surface area contributed by atoms with E-state index in [1.807, 2.05) is 14.0 Å². The zero-order chi connectivity index (χ0) is 15.2. The van der Waals surface area contributed by atoms with Gasteiger partial charge in [0.05, 0.1) is 12.6 Å². The largest absolute Gasteiger partial charge is 0.494 e. The molecule has 2 aromatic carbocycles. The Labute approximate surface area is 131 Å². The Morgan fingerprint density at radius 1 is 1.14 bits per heavy atom. The minimum absolute atomic E-state index is 0.141. The van der Waals surface area contributed by atoms with Gasteiger partial charge in [0.25, 0.3) is 0 Å². The highest BCUT2D eigenvalue weighted by Crippen LogP contribution is 2.31. The molecule has 0 aliphatic heterocycles. The molecule has 1 unspecified atom stereocenters. The topological polar surface area (TPSA) is 21.3 Å². The van der Waals surface area contributed by atoms with E-state index in [1.54, 1.807) is 11.8 Å². The van der Waals surface area contributed by atoms with Crippen molar-refractivity contribution in [3.63, 3.8) is 0 Å². The van der Waals surface area contributed by atoms with Gasteiger partial charge in [-0.1, -0.05) is 29.8 Å². The van der Waals surface area contributed by atoms with Crippen molar-refractivity contribution in [2.45, 2.75) is 24.8 Å². The van der Waals surface area contributed by atoms with Crippen molar-refractivity contribution in [3.05, 3.63) is 59.2 Å². The predicted molar refractivity (Wildman–Crippen MR) is 91.5 cm³/mol. The van der Waals surface area contributed by atoms with Crippen molar-refractivity contribution in [2.75, 3.05) is 19.9 Å². The van der Waals surface area contributed by atoms with E-state index in [9.17, 15) is 0 Å². The third kappa shape index (κ3) is 3.80. The molecule has 0 saturated heterocycles. The summed E-state index contributed by atoms with van der Waals surface area (Å²) in [6.45, 7) is 4.81. The highest BCUT2D eigenvalue weighted by atomic mass is 32.2. The minimum atomic E-state index is 0.141. The van der Waals surface area contributed by atoms with Gasteiger partial charge in [-0.15, -0.1) is 11.8 Å². The van der Waals surface area contributed by atoms with Gasteiger partial charge in [-0.2, -0.15) is 0 Å². The molecule has 0 saturated carbocycles. The van der Waals surface area contributed by atoms with Gasteiger partial charge in [-0.25, -0.2) is 0 Å². The zero-order valence-corrected chi connectivity index (χ0v) is 14.0. The third-order valence-electron chi connectivity index (χ3n) is 3.51. The van der Waals surface area contributed by atoms with E-state index in [2.05, 4.69) is 61.0 Å². The average Bonchev–Trinajstić information content (AvgIpc) is 2.51. The van der Waals surface area contributed by atoms with Crippen LogP contribution in [0.25, 0.3) is 0 Å². The molecule has 0 aliphatic rings. The molecule has 0 radical (unpaired) electrons. The van der Waals surface area contributed by atoms with Crippen LogP contribution in [0.15, 0.2) is 47.4 Å². The molecule has 0 fully saturated rings. The summed E-state index contributed by atoms with van der Waals surface area (Å²) < 4.78 is 5.80. The molecule has 2 nitrogen and oxygen atoms in total. The van der Waals surface area contributed by atoms with Gasteiger partial charge in [0.1, 0.15) is 5.75 Å². The number of rotatable bonds is 6. The molecule has 0 spiro atoms. The van der Waals surface area contributed by atoms with Crippen LogP contribution in [-0.2, 0) is 0 Å². The number of thioether (sulfide) groups is 1. The average molecular weight is 301 g/mol. The summed E-state index contributed by atoms with van der Waals surface area (Å²) in [5.74, 6) is 0.955. The van der Waals surface area contributed by atoms with Gasteiger partial charge in [-0.3, -0.25) is 0 Å². The summed E-state index contributed by atoms with van der Waals surface area (Å²) in [5.41, 5.74) is 3.69. The Balaban J connectivity index is 2.41. The summed E-state index contributed by atoms with van der Waals surface area (Å²) in [6, 6.07) is 15.2. The van der Waals surface area contributed by atoms with Crippen LogP contribution in [0.3, 0.4) is 0 Å². The number of benzene rings is 2. The van der Waals surface area contributed by atoms with Crippen LogP contribution < -0.4 is 10.1 Å². The molecule has 0 aliphatic carbocycles. The molecule has 1 atom stereocenters. The summed E-state index contributed by atoms with van der Waals surface area (Å²) in [5, 5.41) is 3.41. The monoisotopic (exact) mass is 301 g/mol. The molecule has 3 heteroatoms. The molecule has 21 heavy (non-hydrogen) atoms. The number of aryl methyl sites for hydroxylation is 1. The van der Waals surface area contributed by atoms with E-state index in [4.69, 9.17) is 4.74 Å². The van der Waals surface area contributed by atoms with E-state index >= 15 is 0 Å². The van der Waals surface area contributed by atoms with E-state index in [0.29, 0.717) is 6.61 Å². The van der Waals surface area contributed by atoms with Crippen LogP contribution in [0.5, 0.6) is 5.75 Å². The Bertz CT molecular complexity index is 580. The van der Waals surface area contributed by atoms with Crippen LogP contribution in [0.4, 0.5) is 0 Å². The predicted octanol–water partition coefficient (Wildman–Crippen LogP) is 4.42. The first-order valence-electron chi connectivity index (χ1n) is 7.24. The lowest BCUT2D eigenvalue weighted by atomic mass is 9.96. The van der Waals surface area contributed by atoms with Gasteiger partial charge in [0.2, 0.25) is 0 Å². The minimum Gasteiger partial charge on any atom is -0.494 e. The smallest absolute Gasteiger partial charge is 0.124 e. The summed E-state index contributed by atoms with van der Waals surface area (Å²) in [6.07, 6.45) is 2.10. The van der Waals surface area contributed by atoms with Crippen LogP contribution in [-0.4, -0.2) is 19.9 Å². The van der Waals surface area contributed by atoms with Crippen molar-refractivity contribution < 1.29 is 4.74 Å². The van der Waals surface area contributed by atoms with E-state index < -0.39 is 0 Å². The van der Waals surface area contributed by atoms with Crippen LogP contribution >= 0.6 is 11.8 Å². The van der Waals surface area contributed by atoms with E-state index in [1.165, 1.54) is 21.6 Å². The van der Waals surface area contributed by atoms with Gasteiger partial charge in [0.15, 0.2) is 0 Å². The molecule has 112 valence electrons. The number of hydrogen-bond donors (Lipinski definition) is 1. The van der Waals surface area contributed by atoms with E-state index in [0.717, 1.165) is 5.75 Å². The fourth-order valence-electron chi connectivity index (χ4n) is 2.48. The van der Waals surface area contributed by atoms with Crippen molar-refractivity contribution in [2.24, 2.45) is 0 Å². The Kier molecular flexibility index (Phi) is 5.71. The van der Waals surface area contributed by atoms with E-state index in [-0.39, 0.29) is 6.04 Å². The summed E-state index contributed by atoms with van der Waals surface area (Å²) >= 11 is 1.76. The van der Waals surface area contributed by atoms with Crippen LogP contribution in [0, 0.1) is 6.92 Å². The lowest BCUT2D eigenvalue weighted by Crippen LogP contribution is -2.18. The molecule has 1 N–H and O–H groups in total. The lowest BCUT2D eigenvalue weighted by Gasteiger charge is -2.21. The molecule has 2 aromatic rings. The summed E-state index contributed by atoms with van der Waals surface area (Å²) in [4.78, 5) is 1.28. The van der Waals surface area contributed by atoms with Crippen molar-refractivity contribution in [3.8, 4) is 5.75 Å². The molecule has 0 aromatic heterocycles. The van der Waals surface area contributed by atoms with Crippen LogP contribution in [0.1, 0.15) is 29.7 Å². The number of hydrogen-bond acceptors (Lipinski definition) is 3. The highest BCUT2D eigenvalue weighted by Gasteiger charge is 2.17. The van der Waals surface area contributed by atoms with Gasteiger partial charge in [-0.05, 0) is 50.9 Å².